The van der Waals surface area contributed by atoms with Gasteiger partial charge in [-0.2, -0.15) is 13.2 Å². The third-order valence-corrected chi connectivity index (χ3v) is 11.0. The summed E-state index contributed by atoms with van der Waals surface area (Å²) in [4.78, 5) is 28.0. The fourth-order valence-corrected chi connectivity index (χ4v) is 9.08. The average Bonchev–Trinajstić information content (AvgIpc) is 3.25. The van der Waals surface area contributed by atoms with Crippen LogP contribution in [-0.2, 0) is 9.59 Å². The second kappa shape index (κ2) is 10.1. The lowest BCUT2D eigenvalue weighted by Crippen LogP contribution is -2.51. The number of nitrogens with zero attached hydrogens (tertiary/aromatic N) is 1. The van der Waals surface area contributed by atoms with E-state index in [2.05, 4.69) is 35.1 Å². The fourth-order valence-electron chi connectivity index (χ4n) is 9.08. The van der Waals surface area contributed by atoms with Crippen LogP contribution < -0.4 is 4.90 Å². The molecule has 3 fully saturated rings. The first-order valence-electron chi connectivity index (χ1n) is 15.0. The van der Waals surface area contributed by atoms with Crippen molar-refractivity contribution >= 4 is 17.3 Å². The minimum atomic E-state index is -4.70. The molecule has 0 N–H and O–H groups in total. The van der Waals surface area contributed by atoms with E-state index in [1.54, 1.807) is 0 Å². The molecule has 3 nitrogen and oxygen atoms in total. The molecule has 0 amide bonds. The van der Waals surface area contributed by atoms with Crippen LogP contribution in [0.4, 0.5) is 23.2 Å². The highest BCUT2D eigenvalue weighted by Gasteiger charge is 2.65. The van der Waals surface area contributed by atoms with Gasteiger partial charge in [0, 0.05) is 37.0 Å². The quantitative estimate of drug-likeness (QED) is 0.278. The molecule has 1 aromatic rings. The van der Waals surface area contributed by atoms with Crippen molar-refractivity contribution in [3.8, 4) is 11.8 Å². The Morgan fingerprint density at radius 3 is 2.44 bits per heavy atom. The van der Waals surface area contributed by atoms with E-state index in [0.29, 0.717) is 31.3 Å². The van der Waals surface area contributed by atoms with Gasteiger partial charge in [-0.3, -0.25) is 9.59 Å². The van der Waals surface area contributed by atoms with Gasteiger partial charge in [0.25, 0.3) is 0 Å². The van der Waals surface area contributed by atoms with Crippen LogP contribution in [0.2, 0.25) is 0 Å². The molecule has 2 saturated carbocycles. The zero-order valence-corrected chi connectivity index (χ0v) is 23.7. The smallest absolute Gasteiger partial charge is 0.372 e. The summed E-state index contributed by atoms with van der Waals surface area (Å²) in [7, 11) is 0. The van der Waals surface area contributed by atoms with Crippen molar-refractivity contribution in [1.29, 1.82) is 0 Å². The predicted molar refractivity (Wildman–Crippen MR) is 150 cm³/mol. The molecule has 0 spiro atoms. The molecule has 6 atom stereocenters. The molecular formula is C34H37F4NO2. The summed E-state index contributed by atoms with van der Waals surface area (Å²) in [5.74, 6) is 2.95. The first kappa shape index (κ1) is 28.2. The van der Waals surface area contributed by atoms with Crippen molar-refractivity contribution in [2.24, 2.45) is 22.7 Å². The number of alkyl halides is 4. The van der Waals surface area contributed by atoms with Gasteiger partial charge >= 0.3 is 6.18 Å². The molecule has 0 bridgehead atoms. The number of piperidine rings is 1. The number of fused-ring (bicyclic) bond motifs is 4. The highest BCUT2D eigenvalue weighted by molar-refractivity contribution is 5.93. The zero-order valence-electron chi connectivity index (χ0n) is 23.7. The number of carbonyl (C=O) groups is 2. The van der Waals surface area contributed by atoms with E-state index >= 15 is 4.39 Å². The average molecular weight is 568 g/mol. The Bertz CT molecular complexity index is 1370. The second-order valence-electron chi connectivity index (χ2n) is 13.0. The largest absolute Gasteiger partial charge is 0.457 e. The number of hydrogen-bond acceptors (Lipinski definition) is 3. The van der Waals surface area contributed by atoms with Gasteiger partial charge in [0.15, 0.2) is 5.78 Å². The van der Waals surface area contributed by atoms with Crippen LogP contribution in [0.1, 0.15) is 83.1 Å². The maximum atomic E-state index is 15.8. The molecule has 41 heavy (non-hydrogen) atoms. The number of benzene rings is 1. The number of ketones is 2. The van der Waals surface area contributed by atoms with Gasteiger partial charge in [-0.05, 0) is 110 Å². The van der Waals surface area contributed by atoms with Crippen LogP contribution in [0.3, 0.4) is 0 Å². The van der Waals surface area contributed by atoms with Crippen molar-refractivity contribution in [1.82, 2.24) is 0 Å². The minimum absolute atomic E-state index is 0.0626. The van der Waals surface area contributed by atoms with Crippen molar-refractivity contribution in [3.63, 3.8) is 0 Å². The Labute approximate surface area is 239 Å². The summed E-state index contributed by atoms with van der Waals surface area (Å²) < 4.78 is 55.9. The van der Waals surface area contributed by atoms with E-state index < -0.39 is 23.2 Å². The number of halogens is 4. The van der Waals surface area contributed by atoms with Crippen LogP contribution in [0.15, 0.2) is 47.1 Å². The number of Topliss-reactive ketones (excluding diaryl/α,β-unsaturated/α-hetero) is 1. The van der Waals surface area contributed by atoms with Crippen LogP contribution in [-0.4, -0.2) is 37.0 Å². The number of rotatable bonds is 3. The van der Waals surface area contributed by atoms with Crippen molar-refractivity contribution in [2.75, 3.05) is 18.0 Å². The SMILES string of the molecule is CC(=O)[C@@]1(C#CC(F)(F)F)CC[C@H]2[C@@H]3CC(F)C4=CC(=O)CCC4=C3[C@@H](c3ccc(N4CCCCC4)cc3)C[C@@]21C. The van der Waals surface area contributed by atoms with Crippen LogP contribution >= 0.6 is 0 Å². The molecule has 1 heterocycles. The van der Waals surface area contributed by atoms with Crippen molar-refractivity contribution in [3.05, 3.63) is 52.6 Å². The van der Waals surface area contributed by atoms with Gasteiger partial charge in [-0.1, -0.05) is 30.6 Å². The molecule has 6 rings (SSSR count). The maximum absolute atomic E-state index is 15.8. The molecular weight excluding hydrogens is 530 g/mol. The van der Waals surface area contributed by atoms with Gasteiger partial charge in [0.2, 0.25) is 0 Å². The molecule has 0 radical (unpaired) electrons. The summed E-state index contributed by atoms with van der Waals surface area (Å²) in [5, 5.41) is 0. The van der Waals surface area contributed by atoms with E-state index in [4.69, 9.17) is 0 Å². The molecule has 1 saturated heterocycles. The Hall–Kier alpha value is -2.88. The summed E-state index contributed by atoms with van der Waals surface area (Å²) in [6, 6.07) is 8.45. The zero-order chi connectivity index (χ0) is 29.2. The van der Waals surface area contributed by atoms with Crippen molar-refractivity contribution < 1.29 is 27.2 Å². The molecule has 0 aromatic heterocycles. The van der Waals surface area contributed by atoms with Gasteiger partial charge in [0.1, 0.15) is 12.0 Å². The normalized spacial score (nSPS) is 35.1. The fraction of sp³-hybridized carbons (Fsp3) is 0.588. The topological polar surface area (TPSA) is 37.4 Å². The van der Waals surface area contributed by atoms with Gasteiger partial charge in [0.05, 0.1) is 5.41 Å². The molecule has 5 aliphatic rings. The Kier molecular flexibility index (Phi) is 6.98. The molecule has 1 unspecified atom stereocenters. The molecule has 218 valence electrons. The third kappa shape index (κ3) is 4.66. The van der Waals surface area contributed by atoms with Crippen LogP contribution in [0.25, 0.3) is 0 Å². The first-order chi connectivity index (χ1) is 19.4. The van der Waals surface area contributed by atoms with E-state index in [1.165, 1.54) is 25.3 Å². The number of allylic oxidation sites excluding steroid dienone is 4. The molecule has 1 aromatic carbocycles. The Balaban J connectivity index is 1.49. The Morgan fingerprint density at radius 1 is 1.07 bits per heavy atom. The summed E-state index contributed by atoms with van der Waals surface area (Å²) in [5.41, 5.74) is 2.41. The number of hydrogen-bond donors (Lipinski definition) is 0. The maximum Gasteiger partial charge on any atom is 0.457 e. The van der Waals surface area contributed by atoms with E-state index in [0.717, 1.165) is 48.3 Å². The van der Waals surface area contributed by atoms with Gasteiger partial charge < -0.3 is 4.90 Å². The van der Waals surface area contributed by atoms with Gasteiger partial charge in [-0.25, -0.2) is 4.39 Å². The van der Waals surface area contributed by atoms with Gasteiger partial charge in [-0.15, -0.1) is 0 Å². The monoisotopic (exact) mass is 567 g/mol. The summed E-state index contributed by atoms with van der Waals surface area (Å²) >= 11 is 0. The van der Waals surface area contributed by atoms with E-state index in [9.17, 15) is 22.8 Å². The summed E-state index contributed by atoms with van der Waals surface area (Å²) in [6.07, 6.45) is 1.23. The van der Waals surface area contributed by atoms with E-state index in [-0.39, 0.29) is 42.2 Å². The van der Waals surface area contributed by atoms with Crippen LogP contribution in [0, 0.1) is 34.5 Å². The number of carbonyl (C=O) groups excluding carboxylic acids is 2. The predicted octanol–water partition coefficient (Wildman–Crippen LogP) is 7.67. The lowest BCUT2D eigenvalue weighted by molar-refractivity contribution is -0.130. The minimum Gasteiger partial charge on any atom is -0.372 e. The van der Waals surface area contributed by atoms with Crippen molar-refractivity contribution in [2.45, 2.75) is 89.9 Å². The lowest BCUT2D eigenvalue weighted by Gasteiger charge is -2.55. The molecule has 7 heteroatoms. The second-order valence-corrected chi connectivity index (χ2v) is 13.0. The Morgan fingerprint density at radius 2 is 1.78 bits per heavy atom. The molecule has 4 aliphatic carbocycles. The summed E-state index contributed by atoms with van der Waals surface area (Å²) in [6.45, 7) is 5.32. The third-order valence-electron chi connectivity index (χ3n) is 11.0. The highest BCUT2D eigenvalue weighted by atomic mass is 19.4. The molecule has 1 aliphatic heterocycles. The standard InChI is InChI=1S/C34H37F4NO2/c1-21(40)33(14-15-34(36,37)38)13-12-29-27-19-30(35)26-18-24(41)10-11-25(26)31(27)28(20-32(29,33)2)22-6-8-23(9-7-22)39-16-4-3-5-17-39/h6-9,18,27-30H,3-5,10-13,16-17,19-20H2,1-2H3/t27-,28+,29-,30?,32-,33-/m0/s1. The lowest BCUT2D eigenvalue weighted by atomic mass is 9.48. The number of anilines is 1. The van der Waals surface area contributed by atoms with E-state index in [1.807, 2.05) is 6.92 Å². The first-order valence-corrected chi connectivity index (χ1v) is 15.0. The highest BCUT2D eigenvalue weighted by Crippen LogP contribution is 2.69. The van der Waals surface area contributed by atoms with Crippen LogP contribution in [0.5, 0.6) is 0 Å².